The van der Waals surface area contributed by atoms with Crippen molar-refractivity contribution in [1.82, 2.24) is 0 Å². The molecule has 7 heteroatoms. The Morgan fingerprint density at radius 3 is 2.50 bits per heavy atom. The summed E-state index contributed by atoms with van der Waals surface area (Å²) in [5, 5.41) is 32.9. The number of rotatable bonds is 14. The van der Waals surface area contributed by atoms with Crippen molar-refractivity contribution in [2.24, 2.45) is 17.0 Å². The summed E-state index contributed by atoms with van der Waals surface area (Å²) in [5.41, 5.74) is 0. The molecule has 0 spiro atoms. The van der Waals surface area contributed by atoms with Crippen LogP contribution in [0.4, 0.5) is 0 Å². The van der Waals surface area contributed by atoms with Crippen LogP contribution < -0.4 is 4.74 Å². The number of aliphatic hydroxyl groups excluding tert-OH is 2. The summed E-state index contributed by atoms with van der Waals surface area (Å²) in [4.78, 5) is 21.9. The van der Waals surface area contributed by atoms with Gasteiger partial charge in [0.25, 0.3) is 0 Å². The topological polar surface area (TPSA) is 116 Å². The van der Waals surface area contributed by atoms with Crippen molar-refractivity contribution in [2.75, 3.05) is 0 Å². The first-order valence-corrected chi connectivity index (χ1v) is 11.0. The molecule has 0 bridgehead atoms. The van der Waals surface area contributed by atoms with Crippen molar-refractivity contribution < 1.29 is 24.9 Å². The van der Waals surface area contributed by atoms with Crippen molar-refractivity contribution in [2.45, 2.75) is 89.1 Å². The number of ether oxygens (including phenoxy) is 1. The minimum absolute atomic E-state index is 0.00952. The Morgan fingerprint density at radius 2 is 1.83 bits per heavy atom. The zero-order valence-electron chi connectivity index (χ0n) is 17.7. The summed E-state index contributed by atoms with van der Waals surface area (Å²) < 4.78 is 5.79. The molecule has 1 aromatic rings. The van der Waals surface area contributed by atoms with Crippen LogP contribution in [-0.4, -0.2) is 45.6 Å². The molecule has 0 heterocycles. The molecule has 0 saturated heterocycles. The number of aliphatic hydroxyl groups is 2. The maximum atomic E-state index is 11.3. The number of carbonyl (C=O) groups is 1. The lowest BCUT2D eigenvalue weighted by Crippen LogP contribution is -2.31. The van der Waals surface area contributed by atoms with Gasteiger partial charge in [-0.25, -0.2) is 0 Å². The molecule has 1 aromatic carbocycles. The second-order valence-electron chi connectivity index (χ2n) is 8.43. The highest BCUT2D eigenvalue weighted by atomic mass is 16.5. The molecule has 3 N–H and O–H groups in total. The molecule has 168 valence electrons. The molecular weight excluding hydrogens is 386 g/mol. The molecule has 0 aliphatic heterocycles. The molecule has 7 nitrogen and oxygen atoms in total. The summed E-state index contributed by atoms with van der Waals surface area (Å²) in [7, 11) is 0. The van der Waals surface area contributed by atoms with Crippen molar-refractivity contribution in [3.8, 4) is 5.75 Å². The molecule has 0 amide bonds. The van der Waals surface area contributed by atoms with Gasteiger partial charge >= 0.3 is 5.97 Å². The third-order valence-electron chi connectivity index (χ3n) is 6.24. The van der Waals surface area contributed by atoms with Crippen LogP contribution in [0.25, 0.3) is 0 Å². The Hall–Kier alpha value is -1.99. The number of unbranched alkanes of at least 4 members (excludes halogenated alkanes) is 3. The molecule has 6 atom stereocenters. The Labute approximate surface area is 178 Å². The van der Waals surface area contributed by atoms with Gasteiger partial charge in [-0.1, -0.05) is 42.6 Å². The van der Waals surface area contributed by atoms with E-state index < -0.39 is 24.2 Å². The van der Waals surface area contributed by atoms with E-state index in [1.165, 1.54) is 0 Å². The zero-order chi connectivity index (χ0) is 21.9. The number of benzene rings is 1. The summed E-state index contributed by atoms with van der Waals surface area (Å²) >= 11 is 0. The van der Waals surface area contributed by atoms with Gasteiger partial charge in [0, 0.05) is 6.42 Å². The van der Waals surface area contributed by atoms with E-state index in [9.17, 15) is 19.9 Å². The van der Waals surface area contributed by atoms with E-state index in [2.05, 4.69) is 5.18 Å². The van der Waals surface area contributed by atoms with Crippen molar-refractivity contribution in [1.29, 1.82) is 0 Å². The van der Waals surface area contributed by atoms with Gasteiger partial charge in [0.1, 0.15) is 11.9 Å². The highest BCUT2D eigenvalue weighted by Crippen LogP contribution is 2.41. The van der Waals surface area contributed by atoms with Gasteiger partial charge in [-0.15, -0.1) is 0 Å². The average molecular weight is 422 g/mol. The van der Waals surface area contributed by atoms with Crippen LogP contribution in [0.2, 0.25) is 0 Å². The average Bonchev–Trinajstić information content (AvgIpc) is 3.03. The van der Waals surface area contributed by atoms with Gasteiger partial charge in [0.15, 0.2) is 0 Å². The summed E-state index contributed by atoms with van der Waals surface area (Å²) in [6.45, 7) is 1.82. The molecule has 30 heavy (non-hydrogen) atoms. The highest BCUT2D eigenvalue weighted by molar-refractivity contribution is 5.66. The van der Waals surface area contributed by atoms with Gasteiger partial charge < -0.3 is 20.1 Å². The Kier molecular flexibility index (Phi) is 10.2. The minimum atomic E-state index is -0.773. The molecule has 1 saturated carbocycles. The lowest BCUT2D eigenvalue weighted by Gasteiger charge is -2.26. The monoisotopic (exact) mass is 421 g/mol. The quantitative estimate of drug-likeness (QED) is 0.307. The summed E-state index contributed by atoms with van der Waals surface area (Å²) in [6, 6.07) is 8.92. The second-order valence-corrected chi connectivity index (χ2v) is 8.43. The zero-order valence-corrected chi connectivity index (χ0v) is 17.7. The fourth-order valence-corrected chi connectivity index (χ4v) is 4.50. The Bertz CT molecular complexity index is 640. The van der Waals surface area contributed by atoms with E-state index in [1.54, 1.807) is 0 Å². The Morgan fingerprint density at radius 1 is 1.13 bits per heavy atom. The Balaban J connectivity index is 1.80. The summed E-state index contributed by atoms with van der Waals surface area (Å²) in [5.74, 6) is -0.126. The lowest BCUT2D eigenvalue weighted by molar-refractivity contribution is -0.137. The molecular formula is C23H35NO6. The third-order valence-corrected chi connectivity index (χ3v) is 6.24. The van der Waals surface area contributed by atoms with Crippen molar-refractivity contribution >= 4 is 5.97 Å². The van der Waals surface area contributed by atoms with Gasteiger partial charge in [-0.3, -0.25) is 4.79 Å². The standard InChI is InChI=1S/C23H35NO6/c1-16(30-17-9-5-4-6-10-17)21(25)14-13-18-19(22(26)15-20(18)24-29)11-7-2-3-8-12-23(27)28/h4-6,9-10,16,18-22,25-26H,2-3,7-8,11-15H2,1H3,(H,27,28)/t16?,18-,19-,20?,21-,22+/m1/s1. The smallest absolute Gasteiger partial charge is 0.303 e. The largest absolute Gasteiger partial charge is 0.488 e. The minimum Gasteiger partial charge on any atom is -0.488 e. The summed E-state index contributed by atoms with van der Waals surface area (Å²) in [6.07, 6.45) is 4.15. The van der Waals surface area contributed by atoms with E-state index in [-0.39, 0.29) is 24.4 Å². The van der Waals surface area contributed by atoms with E-state index in [1.807, 2.05) is 37.3 Å². The fourth-order valence-electron chi connectivity index (χ4n) is 4.50. The van der Waals surface area contributed by atoms with E-state index in [0.717, 1.165) is 25.7 Å². The van der Waals surface area contributed by atoms with E-state index in [4.69, 9.17) is 9.84 Å². The van der Waals surface area contributed by atoms with E-state index >= 15 is 0 Å². The van der Waals surface area contributed by atoms with Crippen molar-refractivity contribution in [3.63, 3.8) is 0 Å². The number of hydrogen-bond acceptors (Lipinski definition) is 6. The number of nitroso groups, excluding NO2 is 1. The normalized spacial score (nSPS) is 25.6. The highest BCUT2D eigenvalue weighted by Gasteiger charge is 2.43. The second kappa shape index (κ2) is 12.6. The molecule has 2 rings (SSSR count). The van der Waals surface area contributed by atoms with Crippen molar-refractivity contribution in [3.05, 3.63) is 35.2 Å². The van der Waals surface area contributed by atoms with Gasteiger partial charge in [-0.2, -0.15) is 4.91 Å². The SMILES string of the molecule is CC(Oc1ccccc1)[C@H](O)CC[C@H]1C(N=O)C[C@H](O)[C@@H]1CCCCCCC(=O)O. The predicted molar refractivity (Wildman–Crippen MR) is 114 cm³/mol. The van der Waals surface area contributed by atoms with Gasteiger partial charge in [-0.05, 0) is 63.0 Å². The van der Waals surface area contributed by atoms with Gasteiger partial charge in [0.2, 0.25) is 0 Å². The molecule has 0 aromatic heterocycles. The number of aliphatic carboxylic acids is 1. The van der Waals surface area contributed by atoms with Crippen LogP contribution in [0.5, 0.6) is 5.75 Å². The molecule has 1 fully saturated rings. The molecule has 1 aliphatic rings. The first-order chi connectivity index (χ1) is 14.4. The van der Waals surface area contributed by atoms with E-state index in [0.29, 0.717) is 31.4 Å². The maximum Gasteiger partial charge on any atom is 0.303 e. The van der Waals surface area contributed by atoms with Crippen LogP contribution in [0.3, 0.4) is 0 Å². The number of carboxylic acid groups (broad SMARTS) is 1. The lowest BCUT2D eigenvalue weighted by atomic mass is 9.84. The van der Waals surface area contributed by atoms with Crippen LogP contribution in [-0.2, 0) is 4.79 Å². The van der Waals surface area contributed by atoms with Crippen LogP contribution in [0, 0.1) is 16.7 Å². The number of hydrogen-bond donors (Lipinski definition) is 3. The molecule has 0 radical (unpaired) electrons. The first-order valence-electron chi connectivity index (χ1n) is 11.0. The molecule has 2 unspecified atom stereocenters. The predicted octanol–water partition coefficient (Wildman–Crippen LogP) is 4.15. The van der Waals surface area contributed by atoms with Crippen LogP contribution >= 0.6 is 0 Å². The maximum absolute atomic E-state index is 11.3. The number of nitrogens with zero attached hydrogens (tertiary/aromatic N) is 1. The third kappa shape index (κ3) is 7.69. The molecule has 1 aliphatic carbocycles. The van der Waals surface area contributed by atoms with Gasteiger partial charge in [0.05, 0.1) is 18.2 Å². The number of carboxylic acids is 1. The fraction of sp³-hybridized carbons (Fsp3) is 0.696. The van der Waals surface area contributed by atoms with Crippen LogP contribution in [0.15, 0.2) is 35.5 Å². The van der Waals surface area contributed by atoms with Crippen LogP contribution in [0.1, 0.15) is 64.7 Å². The first kappa shape index (κ1) is 24.3. The number of para-hydroxylation sites is 1.